The lowest BCUT2D eigenvalue weighted by atomic mass is 10.0. The van der Waals surface area contributed by atoms with Gasteiger partial charge in [-0.2, -0.15) is 0 Å². The summed E-state index contributed by atoms with van der Waals surface area (Å²) in [5.41, 5.74) is 1.19. The average Bonchev–Trinajstić information content (AvgIpc) is 3.40. The number of nitrogens with one attached hydrogen (secondary N) is 2. The van der Waals surface area contributed by atoms with E-state index in [4.69, 9.17) is 9.73 Å². The maximum Gasteiger partial charge on any atom is 0.191 e. The third-order valence-corrected chi connectivity index (χ3v) is 4.79. The second kappa shape index (κ2) is 9.09. The fourth-order valence-corrected chi connectivity index (χ4v) is 2.23. The molecule has 0 amide bonds. The molecule has 1 saturated carbocycles. The number of aliphatic imine (C=N–C) groups is 1. The first-order valence-corrected chi connectivity index (χ1v) is 9.32. The van der Waals surface area contributed by atoms with Gasteiger partial charge >= 0.3 is 0 Å². The molecule has 2 N–H and O–H groups in total. The minimum atomic E-state index is 0.0570. The molecule has 0 atom stereocenters. The lowest BCUT2D eigenvalue weighted by Gasteiger charge is -2.33. The van der Waals surface area contributed by atoms with E-state index in [0.717, 1.165) is 42.9 Å². The first kappa shape index (κ1) is 19.6. The van der Waals surface area contributed by atoms with Gasteiger partial charge in [0.05, 0.1) is 13.2 Å². The molecule has 0 aromatic heterocycles. The highest BCUT2D eigenvalue weighted by molar-refractivity contribution is 5.79. The molecule has 1 aromatic carbocycles. The van der Waals surface area contributed by atoms with Crippen LogP contribution in [-0.4, -0.2) is 50.2 Å². The molecular weight excluding hydrogens is 312 g/mol. The van der Waals surface area contributed by atoms with Gasteiger partial charge in [-0.25, -0.2) is 4.99 Å². The fourth-order valence-electron chi connectivity index (χ4n) is 2.23. The van der Waals surface area contributed by atoms with E-state index in [2.05, 4.69) is 56.5 Å². The van der Waals surface area contributed by atoms with E-state index in [0.29, 0.717) is 6.54 Å². The van der Waals surface area contributed by atoms with Gasteiger partial charge in [-0.15, -0.1) is 0 Å². The Balaban J connectivity index is 1.97. The summed E-state index contributed by atoms with van der Waals surface area (Å²) in [4.78, 5) is 6.96. The standard InChI is InChI=1S/C20H34N4O/c1-6-21-19(23-15-20(2,3)24(4)5)22-13-17-9-7-8-10-18(17)25-14-16-11-12-16/h7-10,16H,6,11-15H2,1-5H3,(H2,21,22,23). The van der Waals surface area contributed by atoms with Crippen LogP contribution in [-0.2, 0) is 6.54 Å². The van der Waals surface area contributed by atoms with Gasteiger partial charge < -0.3 is 20.3 Å². The molecule has 5 nitrogen and oxygen atoms in total. The monoisotopic (exact) mass is 346 g/mol. The predicted molar refractivity (Wildman–Crippen MR) is 105 cm³/mol. The Morgan fingerprint density at radius 1 is 1.24 bits per heavy atom. The second-order valence-electron chi connectivity index (χ2n) is 7.62. The Labute approximate surface area is 152 Å². The van der Waals surface area contributed by atoms with Crippen molar-refractivity contribution in [2.45, 2.75) is 45.7 Å². The summed E-state index contributed by atoms with van der Waals surface area (Å²) in [6, 6.07) is 8.21. The van der Waals surface area contributed by atoms with Crippen LogP contribution in [0.5, 0.6) is 5.75 Å². The highest BCUT2D eigenvalue weighted by Gasteiger charge is 2.22. The number of benzene rings is 1. The van der Waals surface area contributed by atoms with Gasteiger partial charge in [0.2, 0.25) is 0 Å². The molecule has 1 aliphatic carbocycles. The quantitative estimate of drug-likeness (QED) is 0.533. The van der Waals surface area contributed by atoms with Crippen molar-refractivity contribution in [3.63, 3.8) is 0 Å². The molecule has 0 unspecified atom stereocenters. The minimum absolute atomic E-state index is 0.0570. The summed E-state index contributed by atoms with van der Waals surface area (Å²) in [6.45, 7) is 9.62. The van der Waals surface area contributed by atoms with E-state index in [1.807, 2.05) is 18.2 Å². The zero-order chi connectivity index (χ0) is 18.3. The largest absolute Gasteiger partial charge is 0.493 e. The Hall–Kier alpha value is -1.75. The number of nitrogens with zero attached hydrogens (tertiary/aromatic N) is 2. The van der Waals surface area contributed by atoms with Crippen molar-refractivity contribution in [3.8, 4) is 5.75 Å². The molecular formula is C20H34N4O. The first-order valence-electron chi connectivity index (χ1n) is 9.32. The Morgan fingerprint density at radius 2 is 1.96 bits per heavy atom. The van der Waals surface area contributed by atoms with Crippen molar-refractivity contribution >= 4 is 5.96 Å². The molecule has 25 heavy (non-hydrogen) atoms. The van der Waals surface area contributed by atoms with Crippen LogP contribution in [0.2, 0.25) is 0 Å². The number of guanidine groups is 1. The number of para-hydroxylation sites is 1. The molecule has 0 spiro atoms. The van der Waals surface area contributed by atoms with Crippen LogP contribution in [0.1, 0.15) is 39.2 Å². The predicted octanol–water partition coefficient (Wildman–Crippen LogP) is 2.87. The summed E-state index contributed by atoms with van der Waals surface area (Å²) >= 11 is 0. The van der Waals surface area contributed by atoms with Crippen LogP contribution in [0.3, 0.4) is 0 Å². The molecule has 0 bridgehead atoms. The third-order valence-electron chi connectivity index (χ3n) is 4.79. The molecule has 1 aliphatic rings. The van der Waals surface area contributed by atoms with Crippen LogP contribution in [0.25, 0.3) is 0 Å². The van der Waals surface area contributed by atoms with Gasteiger partial charge in [-0.05, 0) is 59.7 Å². The lowest BCUT2D eigenvalue weighted by molar-refractivity contribution is 0.197. The van der Waals surface area contributed by atoms with E-state index >= 15 is 0 Å². The zero-order valence-electron chi connectivity index (χ0n) is 16.4. The van der Waals surface area contributed by atoms with Gasteiger partial charge in [0.1, 0.15) is 5.75 Å². The summed E-state index contributed by atoms with van der Waals surface area (Å²) in [6.07, 6.45) is 2.60. The van der Waals surface area contributed by atoms with Gasteiger partial charge in [-0.1, -0.05) is 18.2 Å². The number of hydrogen-bond donors (Lipinski definition) is 2. The smallest absolute Gasteiger partial charge is 0.191 e. The van der Waals surface area contributed by atoms with E-state index in [1.165, 1.54) is 12.8 Å². The topological polar surface area (TPSA) is 48.9 Å². The molecule has 0 heterocycles. The summed E-state index contributed by atoms with van der Waals surface area (Å²) in [5, 5.41) is 6.77. The Kier molecular flexibility index (Phi) is 7.12. The number of likely N-dealkylation sites (N-methyl/N-ethyl adjacent to an activating group) is 1. The molecule has 1 fully saturated rings. The van der Waals surface area contributed by atoms with Crippen molar-refractivity contribution in [1.82, 2.24) is 15.5 Å². The van der Waals surface area contributed by atoms with Gasteiger partial charge in [0.25, 0.3) is 0 Å². The molecule has 2 rings (SSSR count). The fraction of sp³-hybridized carbons (Fsp3) is 0.650. The van der Waals surface area contributed by atoms with Crippen molar-refractivity contribution < 1.29 is 4.74 Å². The molecule has 0 aliphatic heterocycles. The lowest BCUT2D eigenvalue weighted by Crippen LogP contribution is -2.50. The maximum atomic E-state index is 5.98. The van der Waals surface area contributed by atoms with Gasteiger partial charge in [0.15, 0.2) is 5.96 Å². The van der Waals surface area contributed by atoms with Crippen LogP contribution < -0.4 is 15.4 Å². The molecule has 140 valence electrons. The van der Waals surface area contributed by atoms with Crippen molar-refractivity contribution in [3.05, 3.63) is 29.8 Å². The first-order chi connectivity index (χ1) is 11.9. The number of ether oxygens (including phenoxy) is 1. The van der Waals surface area contributed by atoms with Crippen LogP contribution in [0.15, 0.2) is 29.3 Å². The molecule has 0 radical (unpaired) electrons. The third kappa shape index (κ3) is 6.58. The van der Waals surface area contributed by atoms with Crippen LogP contribution in [0.4, 0.5) is 0 Å². The van der Waals surface area contributed by atoms with Crippen molar-refractivity contribution in [2.24, 2.45) is 10.9 Å². The van der Waals surface area contributed by atoms with E-state index in [-0.39, 0.29) is 5.54 Å². The zero-order valence-corrected chi connectivity index (χ0v) is 16.4. The van der Waals surface area contributed by atoms with Gasteiger partial charge in [0, 0.05) is 24.2 Å². The van der Waals surface area contributed by atoms with Gasteiger partial charge in [-0.3, -0.25) is 0 Å². The summed E-state index contributed by atoms with van der Waals surface area (Å²) in [7, 11) is 4.19. The number of hydrogen-bond acceptors (Lipinski definition) is 3. The molecule has 0 saturated heterocycles. The Morgan fingerprint density at radius 3 is 2.60 bits per heavy atom. The van der Waals surface area contributed by atoms with E-state index in [9.17, 15) is 0 Å². The second-order valence-corrected chi connectivity index (χ2v) is 7.62. The van der Waals surface area contributed by atoms with Crippen molar-refractivity contribution in [1.29, 1.82) is 0 Å². The molecule has 5 heteroatoms. The van der Waals surface area contributed by atoms with Crippen molar-refractivity contribution in [2.75, 3.05) is 33.8 Å². The SMILES string of the molecule is CCNC(=NCc1ccccc1OCC1CC1)NCC(C)(C)N(C)C. The minimum Gasteiger partial charge on any atom is -0.493 e. The maximum absolute atomic E-state index is 5.98. The number of rotatable bonds is 9. The highest BCUT2D eigenvalue weighted by atomic mass is 16.5. The van der Waals surface area contributed by atoms with E-state index < -0.39 is 0 Å². The Bertz CT molecular complexity index is 565. The van der Waals surface area contributed by atoms with Crippen LogP contribution >= 0.6 is 0 Å². The van der Waals surface area contributed by atoms with E-state index in [1.54, 1.807) is 0 Å². The average molecular weight is 347 g/mol. The normalized spacial score (nSPS) is 15.4. The summed E-state index contributed by atoms with van der Waals surface area (Å²) < 4.78 is 5.98. The van der Waals surface area contributed by atoms with Crippen LogP contribution in [0, 0.1) is 5.92 Å². The summed E-state index contributed by atoms with van der Waals surface area (Å²) in [5.74, 6) is 2.56. The molecule has 1 aromatic rings. The highest BCUT2D eigenvalue weighted by Crippen LogP contribution is 2.30.